The summed E-state index contributed by atoms with van der Waals surface area (Å²) in [4.78, 5) is 25.4. The van der Waals surface area contributed by atoms with Crippen molar-refractivity contribution in [3.8, 4) is 0 Å². The lowest BCUT2D eigenvalue weighted by molar-refractivity contribution is -0.128. The van der Waals surface area contributed by atoms with E-state index in [4.69, 9.17) is 0 Å². The number of hydrogen-bond acceptors (Lipinski definition) is 3. The summed E-state index contributed by atoms with van der Waals surface area (Å²) in [6.45, 7) is 1.32. The van der Waals surface area contributed by atoms with E-state index >= 15 is 0 Å². The first kappa shape index (κ1) is 14.7. The first-order valence-electron chi connectivity index (χ1n) is 7.37. The van der Waals surface area contributed by atoms with Gasteiger partial charge in [0.2, 0.25) is 11.8 Å². The number of nitrogens with zero attached hydrogens (tertiary/aromatic N) is 1. The summed E-state index contributed by atoms with van der Waals surface area (Å²) in [6.07, 6.45) is 6.97. The molecule has 1 N–H and O–H groups in total. The quantitative estimate of drug-likeness (QED) is 0.754. The van der Waals surface area contributed by atoms with Gasteiger partial charge in [0.25, 0.3) is 0 Å². The van der Waals surface area contributed by atoms with E-state index < -0.39 is 0 Å². The number of carbonyl (C=O) groups is 2. The first-order chi connectivity index (χ1) is 9.19. The van der Waals surface area contributed by atoms with Gasteiger partial charge in [-0.2, -0.15) is 12.6 Å². The van der Waals surface area contributed by atoms with Crippen LogP contribution in [0.3, 0.4) is 0 Å². The summed E-state index contributed by atoms with van der Waals surface area (Å²) in [6, 6.07) is 0.362. The van der Waals surface area contributed by atoms with Crippen LogP contribution in [0.5, 0.6) is 0 Å². The van der Waals surface area contributed by atoms with E-state index in [1.54, 1.807) is 4.90 Å². The molecule has 1 saturated heterocycles. The number of nitrogens with one attached hydrogen (secondary N) is 1. The van der Waals surface area contributed by atoms with Crippen molar-refractivity contribution < 1.29 is 9.59 Å². The van der Waals surface area contributed by atoms with Gasteiger partial charge in [-0.05, 0) is 24.5 Å². The zero-order valence-corrected chi connectivity index (χ0v) is 12.3. The summed E-state index contributed by atoms with van der Waals surface area (Å²) in [5.41, 5.74) is 0. The van der Waals surface area contributed by atoms with Crippen LogP contribution in [0.1, 0.15) is 44.9 Å². The van der Waals surface area contributed by atoms with E-state index in [0.29, 0.717) is 31.3 Å². The fourth-order valence-electron chi connectivity index (χ4n) is 2.98. The third-order valence-electron chi connectivity index (χ3n) is 4.13. The average Bonchev–Trinajstić information content (AvgIpc) is 2.78. The van der Waals surface area contributed by atoms with Gasteiger partial charge in [-0.1, -0.05) is 19.3 Å². The number of rotatable bonds is 5. The maximum absolute atomic E-state index is 11.9. The molecule has 0 aromatic rings. The fourth-order valence-corrected chi connectivity index (χ4v) is 3.22. The van der Waals surface area contributed by atoms with Gasteiger partial charge < -0.3 is 10.2 Å². The van der Waals surface area contributed by atoms with E-state index in [0.717, 1.165) is 25.1 Å². The lowest BCUT2D eigenvalue weighted by Crippen LogP contribution is -2.38. The van der Waals surface area contributed by atoms with Gasteiger partial charge in [0.05, 0.1) is 0 Å². The van der Waals surface area contributed by atoms with Crippen molar-refractivity contribution >= 4 is 24.4 Å². The van der Waals surface area contributed by atoms with Crippen LogP contribution in [0.2, 0.25) is 0 Å². The van der Waals surface area contributed by atoms with Crippen LogP contribution in [0.4, 0.5) is 0 Å². The Labute approximate surface area is 120 Å². The second-order valence-electron chi connectivity index (χ2n) is 5.74. The standard InChI is InChI=1S/C14H24N2O2S/c17-13(15-12-4-2-1-3-5-12)6-7-16-9-11(10-19)8-14(16)18/h11-12,19H,1-10H2,(H,15,17). The van der Waals surface area contributed by atoms with E-state index in [9.17, 15) is 9.59 Å². The van der Waals surface area contributed by atoms with Crippen LogP contribution in [-0.2, 0) is 9.59 Å². The van der Waals surface area contributed by atoms with Crippen molar-refractivity contribution in [1.82, 2.24) is 10.2 Å². The molecule has 1 saturated carbocycles. The maximum atomic E-state index is 11.9. The SMILES string of the molecule is O=C(CCN1CC(CS)CC1=O)NC1CCCCC1. The summed E-state index contributed by atoms with van der Waals surface area (Å²) < 4.78 is 0. The van der Waals surface area contributed by atoms with Gasteiger partial charge in [0, 0.05) is 32.0 Å². The molecule has 0 aromatic carbocycles. The highest BCUT2D eigenvalue weighted by atomic mass is 32.1. The molecule has 0 bridgehead atoms. The van der Waals surface area contributed by atoms with Crippen LogP contribution >= 0.6 is 12.6 Å². The third kappa shape index (κ3) is 4.41. The van der Waals surface area contributed by atoms with Gasteiger partial charge in [0.15, 0.2) is 0 Å². The Morgan fingerprint density at radius 3 is 2.68 bits per heavy atom. The molecular weight excluding hydrogens is 260 g/mol. The van der Waals surface area contributed by atoms with Crippen LogP contribution in [0.15, 0.2) is 0 Å². The molecule has 0 spiro atoms. The molecule has 2 fully saturated rings. The van der Waals surface area contributed by atoms with Crippen LogP contribution < -0.4 is 5.32 Å². The molecule has 1 atom stereocenters. The molecule has 1 aliphatic heterocycles. The smallest absolute Gasteiger partial charge is 0.222 e. The summed E-state index contributed by atoms with van der Waals surface area (Å²) >= 11 is 4.24. The minimum absolute atomic E-state index is 0.0917. The minimum Gasteiger partial charge on any atom is -0.353 e. The van der Waals surface area contributed by atoms with Crippen LogP contribution in [0.25, 0.3) is 0 Å². The zero-order chi connectivity index (χ0) is 13.7. The Morgan fingerprint density at radius 2 is 2.05 bits per heavy atom. The predicted octanol–water partition coefficient (Wildman–Crippen LogP) is 1.60. The zero-order valence-electron chi connectivity index (χ0n) is 11.4. The molecule has 2 rings (SSSR count). The van der Waals surface area contributed by atoms with Gasteiger partial charge >= 0.3 is 0 Å². The second-order valence-corrected chi connectivity index (χ2v) is 6.11. The Hall–Kier alpha value is -0.710. The Balaban J connectivity index is 1.67. The summed E-state index contributed by atoms with van der Waals surface area (Å²) in [5, 5.41) is 3.09. The molecule has 2 amide bonds. The third-order valence-corrected chi connectivity index (χ3v) is 4.65. The molecular formula is C14H24N2O2S. The molecule has 0 radical (unpaired) electrons. The maximum Gasteiger partial charge on any atom is 0.222 e. The number of hydrogen-bond donors (Lipinski definition) is 2. The van der Waals surface area contributed by atoms with Crippen molar-refractivity contribution in [1.29, 1.82) is 0 Å². The Morgan fingerprint density at radius 1 is 1.32 bits per heavy atom. The summed E-state index contributed by atoms with van der Waals surface area (Å²) in [5.74, 6) is 1.37. The van der Waals surface area contributed by atoms with Crippen molar-refractivity contribution in [2.45, 2.75) is 51.0 Å². The average molecular weight is 284 g/mol. The van der Waals surface area contributed by atoms with Crippen molar-refractivity contribution in [3.05, 3.63) is 0 Å². The Bertz CT molecular complexity index is 329. The predicted molar refractivity (Wildman–Crippen MR) is 78.2 cm³/mol. The minimum atomic E-state index is 0.0917. The van der Waals surface area contributed by atoms with E-state index in [2.05, 4.69) is 17.9 Å². The molecule has 1 unspecified atom stereocenters. The number of carbonyl (C=O) groups excluding carboxylic acids is 2. The second kappa shape index (κ2) is 7.17. The Kier molecular flexibility index (Phi) is 5.55. The van der Waals surface area contributed by atoms with Gasteiger partial charge in [-0.15, -0.1) is 0 Å². The largest absolute Gasteiger partial charge is 0.353 e. The van der Waals surface area contributed by atoms with Crippen molar-refractivity contribution in [2.75, 3.05) is 18.8 Å². The van der Waals surface area contributed by atoms with E-state index in [1.165, 1.54) is 19.3 Å². The molecule has 2 aliphatic rings. The lowest BCUT2D eigenvalue weighted by atomic mass is 9.95. The summed E-state index contributed by atoms with van der Waals surface area (Å²) in [7, 11) is 0. The molecule has 0 aromatic heterocycles. The fraction of sp³-hybridized carbons (Fsp3) is 0.857. The molecule has 1 aliphatic carbocycles. The lowest BCUT2D eigenvalue weighted by Gasteiger charge is -2.23. The van der Waals surface area contributed by atoms with Crippen LogP contribution in [-0.4, -0.2) is 41.6 Å². The number of amides is 2. The van der Waals surface area contributed by atoms with Crippen molar-refractivity contribution in [3.63, 3.8) is 0 Å². The number of thiol groups is 1. The first-order valence-corrected chi connectivity index (χ1v) is 8.00. The van der Waals surface area contributed by atoms with E-state index in [-0.39, 0.29) is 11.8 Å². The highest BCUT2D eigenvalue weighted by molar-refractivity contribution is 7.80. The van der Waals surface area contributed by atoms with Crippen molar-refractivity contribution in [2.24, 2.45) is 5.92 Å². The molecule has 1 heterocycles. The molecule has 19 heavy (non-hydrogen) atoms. The normalized spacial score (nSPS) is 24.8. The monoisotopic (exact) mass is 284 g/mol. The molecule has 5 heteroatoms. The molecule has 4 nitrogen and oxygen atoms in total. The van der Waals surface area contributed by atoms with Gasteiger partial charge in [-0.25, -0.2) is 0 Å². The van der Waals surface area contributed by atoms with Crippen LogP contribution in [0, 0.1) is 5.92 Å². The van der Waals surface area contributed by atoms with Gasteiger partial charge in [0.1, 0.15) is 0 Å². The number of likely N-dealkylation sites (tertiary alicyclic amines) is 1. The highest BCUT2D eigenvalue weighted by Gasteiger charge is 2.28. The molecule has 108 valence electrons. The van der Waals surface area contributed by atoms with E-state index in [1.807, 2.05) is 0 Å². The van der Waals surface area contributed by atoms with Gasteiger partial charge in [-0.3, -0.25) is 9.59 Å². The topological polar surface area (TPSA) is 49.4 Å². The highest BCUT2D eigenvalue weighted by Crippen LogP contribution is 2.19.